The number of fused-ring (bicyclic) bond motifs is 1. The van der Waals surface area contributed by atoms with E-state index in [0.717, 1.165) is 29.5 Å². The molecule has 0 bridgehead atoms. The number of primary amides is 1. The van der Waals surface area contributed by atoms with Crippen LogP contribution in [0.3, 0.4) is 0 Å². The first-order valence-corrected chi connectivity index (χ1v) is 9.81. The van der Waals surface area contributed by atoms with Crippen LogP contribution in [0.25, 0.3) is 10.9 Å². The normalized spacial score (nSPS) is 15.0. The molecule has 0 atom stereocenters. The average Bonchev–Trinajstić information content (AvgIpc) is 3.16. The van der Waals surface area contributed by atoms with Crippen LogP contribution in [0, 0.1) is 5.82 Å². The number of halogens is 1. The maximum atomic E-state index is 13.1. The number of carbonyl (C=O) groups is 2. The fourth-order valence-electron chi connectivity index (χ4n) is 4.01. The highest BCUT2D eigenvalue weighted by molar-refractivity contribution is 6.04. The molecule has 7 heteroatoms. The molecule has 1 aliphatic rings. The van der Waals surface area contributed by atoms with Crippen LogP contribution in [-0.4, -0.2) is 40.0 Å². The molecule has 0 spiro atoms. The van der Waals surface area contributed by atoms with Gasteiger partial charge >= 0.3 is 0 Å². The molecule has 1 saturated heterocycles. The Bertz CT molecular complexity index is 1040. The van der Waals surface area contributed by atoms with Gasteiger partial charge in [-0.3, -0.25) is 14.7 Å². The maximum absolute atomic E-state index is 13.1. The zero-order chi connectivity index (χ0) is 20.4. The van der Waals surface area contributed by atoms with Gasteiger partial charge < -0.3 is 10.6 Å². The molecule has 0 saturated carbocycles. The van der Waals surface area contributed by atoms with Crippen LogP contribution in [0.2, 0.25) is 0 Å². The van der Waals surface area contributed by atoms with Crippen LogP contribution in [0.4, 0.5) is 4.39 Å². The van der Waals surface area contributed by atoms with E-state index < -0.39 is 5.91 Å². The molecule has 0 unspecified atom stereocenters. The molecular weight excluding hydrogens is 371 g/mol. The molecule has 2 aromatic carbocycles. The Morgan fingerprint density at radius 2 is 1.86 bits per heavy atom. The van der Waals surface area contributed by atoms with E-state index in [-0.39, 0.29) is 17.4 Å². The van der Waals surface area contributed by atoms with Gasteiger partial charge in [0.05, 0.1) is 5.52 Å². The Balaban J connectivity index is 1.33. The summed E-state index contributed by atoms with van der Waals surface area (Å²) >= 11 is 0. The van der Waals surface area contributed by atoms with Crippen molar-refractivity contribution >= 4 is 22.7 Å². The molecule has 3 aromatic rings. The number of hydrogen-bond donors (Lipinski definition) is 2. The fourth-order valence-corrected chi connectivity index (χ4v) is 4.01. The van der Waals surface area contributed by atoms with Crippen molar-refractivity contribution in [2.45, 2.75) is 31.6 Å². The van der Waals surface area contributed by atoms with Gasteiger partial charge in [0, 0.05) is 24.9 Å². The SMILES string of the molecule is NC(=O)c1n[nH]c2ccc(CCC(=O)N3CCC(c4ccc(F)cc4)CC3)cc12. The number of aryl methyl sites for hydroxylation is 1. The highest BCUT2D eigenvalue weighted by Gasteiger charge is 2.23. The van der Waals surface area contributed by atoms with Crippen LogP contribution >= 0.6 is 0 Å². The summed E-state index contributed by atoms with van der Waals surface area (Å²) in [5.41, 5.74) is 8.42. The lowest BCUT2D eigenvalue weighted by molar-refractivity contribution is -0.132. The van der Waals surface area contributed by atoms with Gasteiger partial charge in [0.15, 0.2) is 5.69 Å². The summed E-state index contributed by atoms with van der Waals surface area (Å²) in [6.07, 6.45) is 2.78. The quantitative estimate of drug-likeness (QED) is 0.696. The predicted molar refractivity (Wildman–Crippen MR) is 108 cm³/mol. The van der Waals surface area contributed by atoms with Crippen molar-refractivity contribution in [3.63, 3.8) is 0 Å². The average molecular weight is 394 g/mol. The summed E-state index contributed by atoms with van der Waals surface area (Å²) in [6, 6.07) is 12.3. The third-order valence-corrected chi connectivity index (χ3v) is 5.68. The third kappa shape index (κ3) is 4.13. The van der Waals surface area contributed by atoms with E-state index in [1.807, 2.05) is 35.2 Å². The minimum atomic E-state index is -0.575. The van der Waals surface area contributed by atoms with Crippen LogP contribution in [0.5, 0.6) is 0 Å². The second-order valence-electron chi connectivity index (χ2n) is 7.52. The number of benzene rings is 2. The highest BCUT2D eigenvalue weighted by atomic mass is 19.1. The number of H-pyrrole nitrogens is 1. The molecule has 150 valence electrons. The number of aromatic nitrogens is 2. The number of piperidine rings is 1. The van der Waals surface area contributed by atoms with Crippen LogP contribution < -0.4 is 5.73 Å². The van der Waals surface area contributed by atoms with E-state index in [2.05, 4.69) is 10.2 Å². The number of nitrogens with two attached hydrogens (primary N) is 1. The van der Waals surface area contributed by atoms with Gasteiger partial charge in [-0.2, -0.15) is 5.10 Å². The third-order valence-electron chi connectivity index (χ3n) is 5.68. The Hall–Kier alpha value is -3.22. The molecule has 3 N–H and O–H groups in total. The number of amides is 2. The van der Waals surface area contributed by atoms with Gasteiger partial charge in [0.1, 0.15) is 5.82 Å². The second kappa shape index (κ2) is 8.03. The molecule has 2 amide bonds. The van der Waals surface area contributed by atoms with Crippen LogP contribution in [0.1, 0.15) is 46.8 Å². The Morgan fingerprint density at radius 1 is 1.14 bits per heavy atom. The number of nitrogens with zero attached hydrogens (tertiary/aromatic N) is 2. The van der Waals surface area contributed by atoms with Crippen LogP contribution in [-0.2, 0) is 11.2 Å². The van der Waals surface area contributed by atoms with E-state index in [0.29, 0.717) is 37.2 Å². The van der Waals surface area contributed by atoms with Crippen molar-refractivity contribution in [1.29, 1.82) is 0 Å². The molecular formula is C22H23FN4O2. The zero-order valence-corrected chi connectivity index (χ0v) is 16.0. The van der Waals surface area contributed by atoms with E-state index in [4.69, 9.17) is 5.73 Å². The molecule has 29 heavy (non-hydrogen) atoms. The summed E-state index contributed by atoms with van der Waals surface area (Å²) in [5.74, 6) is -0.299. The summed E-state index contributed by atoms with van der Waals surface area (Å²) in [4.78, 5) is 26.0. The fraction of sp³-hybridized carbons (Fsp3) is 0.318. The molecule has 2 heterocycles. The summed E-state index contributed by atoms with van der Waals surface area (Å²) in [5, 5.41) is 7.42. The van der Waals surface area contributed by atoms with Gasteiger partial charge in [-0.15, -0.1) is 0 Å². The molecule has 1 aromatic heterocycles. The second-order valence-corrected chi connectivity index (χ2v) is 7.52. The van der Waals surface area contributed by atoms with Gasteiger partial charge in [0.25, 0.3) is 5.91 Å². The number of rotatable bonds is 5. The van der Waals surface area contributed by atoms with E-state index in [9.17, 15) is 14.0 Å². The van der Waals surface area contributed by atoms with Gasteiger partial charge in [-0.05, 0) is 60.6 Å². The predicted octanol–water partition coefficient (Wildman–Crippen LogP) is 3.14. The first-order chi connectivity index (χ1) is 14.0. The van der Waals surface area contributed by atoms with Crippen molar-refractivity contribution in [1.82, 2.24) is 15.1 Å². The van der Waals surface area contributed by atoms with E-state index >= 15 is 0 Å². The van der Waals surface area contributed by atoms with Crippen molar-refractivity contribution in [2.24, 2.45) is 5.73 Å². The number of nitrogens with one attached hydrogen (secondary N) is 1. The largest absolute Gasteiger partial charge is 0.364 e. The number of likely N-dealkylation sites (tertiary alicyclic amines) is 1. The number of aromatic amines is 1. The van der Waals surface area contributed by atoms with Gasteiger partial charge in [-0.1, -0.05) is 18.2 Å². The molecule has 0 radical (unpaired) electrons. The minimum Gasteiger partial charge on any atom is -0.364 e. The minimum absolute atomic E-state index is 0.130. The van der Waals surface area contributed by atoms with Gasteiger partial charge in [-0.25, -0.2) is 4.39 Å². The molecule has 1 aliphatic heterocycles. The first kappa shape index (κ1) is 19.1. The van der Waals surface area contributed by atoms with Crippen molar-refractivity contribution in [3.8, 4) is 0 Å². The van der Waals surface area contributed by atoms with Crippen molar-refractivity contribution in [2.75, 3.05) is 13.1 Å². The Labute approximate surface area is 167 Å². The van der Waals surface area contributed by atoms with E-state index in [1.165, 1.54) is 12.1 Å². The molecule has 1 fully saturated rings. The maximum Gasteiger partial charge on any atom is 0.269 e. The van der Waals surface area contributed by atoms with Crippen molar-refractivity contribution in [3.05, 3.63) is 65.1 Å². The molecule has 4 rings (SSSR count). The van der Waals surface area contributed by atoms with Crippen LogP contribution in [0.15, 0.2) is 42.5 Å². The smallest absolute Gasteiger partial charge is 0.269 e. The highest BCUT2D eigenvalue weighted by Crippen LogP contribution is 2.28. The standard InChI is InChI=1S/C22H23FN4O2/c23-17-5-3-15(4-6-17)16-9-11-27(12-10-16)20(28)8-2-14-1-7-19-18(13-14)21(22(24)29)26-25-19/h1,3-7,13,16H,2,8-12H2,(H2,24,29)(H,25,26). The zero-order valence-electron chi connectivity index (χ0n) is 16.0. The Morgan fingerprint density at radius 3 is 2.55 bits per heavy atom. The molecule has 6 nitrogen and oxygen atoms in total. The monoisotopic (exact) mass is 394 g/mol. The topological polar surface area (TPSA) is 92.1 Å². The summed E-state index contributed by atoms with van der Waals surface area (Å²) in [6.45, 7) is 1.43. The lowest BCUT2D eigenvalue weighted by Gasteiger charge is -2.32. The van der Waals surface area contributed by atoms with Crippen molar-refractivity contribution < 1.29 is 14.0 Å². The first-order valence-electron chi connectivity index (χ1n) is 9.81. The lowest BCUT2D eigenvalue weighted by Crippen LogP contribution is -2.38. The Kier molecular flexibility index (Phi) is 5.29. The summed E-state index contributed by atoms with van der Waals surface area (Å²) < 4.78 is 13.1. The number of carbonyl (C=O) groups excluding carboxylic acids is 2. The van der Waals surface area contributed by atoms with E-state index in [1.54, 1.807) is 0 Å². The van der Waals surface area contributed by atoms with Gasteiger partial charge in [0.2, 0.25) is 5.91 Å². The molecule has 0 aliphatic carbocycles. The number of hydrogen-bond acceptors (Lipinski definition) is 3. The lowest BCUT2D eigenvalue weighted by atomic mass is 9.89. The summed E-state index contributed by atoms with van der Waals surface area (Å²) in [7, 11) is 0.